The van der Waals surface area contributed by atoms with Crippen LogP contribution in [0.2, 0.25) is 0 Å². The molecular weight excluding hydrogens is 296 g/mol. The van der Waals surface area contributed by atoms with E-state index < -0.39 is 11.9 Å². The number of benzene rings is 2. The summed E-state index contributed by atoms with van der Waals surface area (Å²) in [5, 5.41) is 0. The van der Waals surface area contributed by atoms with Crippen molar-refractivity contribution in [3.8, 4) is 11.1 Å². The highest BCUT2D eigenvalue weighted by Crippen LogP contribution is 2.28. The molecule has 2 aromatic rings. The molecule has 0 spiro atoms. The Bertz CT molecular complexity index is 676. The van der Waals surface area contributed by atoms with Gasteiger partial charge in [0, 0.05) is 4.47 Å². The van der Waals surface area contributed by atoms with Crippen LogP contribution in [0.1, 0.15) is 20.7 Å². The minimum absolute atomic E-state index is 0.331. The first-order valence-corrected chi connectivity index (χ1v) is 6.11. The summed E-state index contributed by atoms with van der Waals surface area (Å²) in [7, 11) is 0. The molecule has 1 aliphatic heterocycles. The molecule has 1 aliphatic rings. The van der Waals surface area contributed by atoms with E-state index in [0.29, 0.717) is 11.1 Å². The number of hydrogen-bond donors (Lipinski definition) is 0. The van der Waals surface area contributed by atoms with E-state index in [1.54, 1.807) is 18.2 Å². The van der Waals surface area contributed by atoms with E-state index in [1.807, 2.05) is 24.3 Å². The molecule has 1 heterocycles. The molecule has 0 saturated carbocycles. The zero-order valence-electron chi connectivity index (χ0n) is 9.14. The maximum Gasteiger partial charge on any atom is 0.346 e. The molecule has 0 radical (unpaired) electrons. The molecule has 0 bridgehead atoms. The Morgan fingerprint density at radius 1 is 0.833 bits per heavy atom. The number of halogens is 1. The summed E-state index contributed by atoms with van der Waals surface area (Å²) < 4.78 is 5.52. The van der Waals surface area contributed by atoms with Crippen molar-refractivity contribution >= 4 is 27.9 Å². The Labute approximate surface area is 112 Å². The molecule has 0 unspecified atom stereocenters. The molecule has 2 aromatic carbocycles. The van der Waals surface area contributed by atoms with E-state index in [2.05, 4.69) is 20.7 Å². The lowest BCUT2D eigenvalue weighted by Gasteiger charge is -2.03. The van der Waals surface area contributed by atoms with Gasteiger partial charge >= 0.3 is 11.9 Å². The third kappa shape index (κ3) is 1.75. The van der Waals surface area contributed by atoms with E-state index in [0.717, 1.165) is 15.6 Å². The van der Waals surface area contributed by atoms with Crippen LogP contribution in [0.25, 0.3) is 11.1 Å². The fourth-order valence-corrected chi connectivity index (χ4v) is 2.33. The smallest absolute Gasteiger partial charge is 0.346 e. The van der Waals surface area contributed by atoms with Gasteiger partial charge in [-0.05, 0) is 35.4 Å². The van der Waals surface area contributed by atoms with Crippen LogP contribution in [0, 0.1) is 0 Å². The van der Waals surface area contributed by atoms with Gasteiger partial charge in [-0.15, -0.1) is 0 Å². The number of carbonyl (C=O) groups is 2. The van der Waals surface area contributed by atoms with Crippen molar-refractivity contribution in [1.29, 1.82) is 0 Å². The van der Waals surface area contributed by atoms with E-state index in [9.17, 15) is 9.59 Å². The zero-order valence-corrected chi connectivity index (χ0v) is 10.7. The molecule has 0 atom stereocenters. The number of esters is 2. The summed E-state index contributed by atoms with van der Waals surface area (Å²) >= 11 is 3.40. The van der Waals surface area contributed by atoms with Crippen LogP contribution in [0.4, 0.5) is 0 Å². The van der Waals surface area contributed by atoms with Gasteiger partial charge in [-0.3, -0.25) is 0 Å². The van der Waals surface area contributed by atoms with Crippen LogP contribution >= 0.6 is 15.9 Å². The van der Waals surface area contributed by atoms with Crippen molar-refractivity contribution < 1.29 is 14.3 Å². The van der Waals surface area contributed by atoms with Gasteiger partial charge in [0.2, 0.25) is 0 Å². The van der Waals surface area contributed by atoms with Crippen LogP contribution in [0.5, 0.6) is 0 Å². The van der Waals surface area contributed by atoms with Gasteiger partial charge < -0.3 is 4.74 Å². The van der Waals surface area contributed by atoms with Crippen LogP contribution in [-0.2, 0) is 4.74 Å². The molecule has 0 N–H and O–H groups in total. The van der Waals surface area contributed by atoms with Crippen molar-refractivity contribution in [3.05, 3.63) is 58.1 Å². The second-order valence-electron chi connectivity index (χ2n) is 3.95. The van der Waals surface area contributed by atoms with E-state index >= 15 is 0 Å². The molecule has 88 valence electrons. The zero-order chi connectivity index (χ0) is 12.7. The van der Waals surface area contributed by atoms with Crippen molar-refractivity contribution in [2.75, 3.05) is 0 Å². The predicted molar refractivity (Wildman–Crippen MR) is 69.3 cm³/mol. The fourth-order valence-electron chi connectivity index (χ4n) is 1.93. The van der Waals surface area contributed by atoms with Gasteiger partial charge in [0.1, 0.15) is 0 Å². The molecule has 0 fully saturated rings. The van der Waals surface area contributed by atoms with E-state index in [-0.39, 0.29) is 0 Å². The summed E-state index contributed by atoms with van der Waals surface area (Å²) in [5.41, 5.74) is 2.51. The van der Waals surface area contributed by atoms with Crippen LogP contribution in [-0.4, -0.2) is 11.9 Å². The maximum atomic E-state index is 11.5. The standard InChI is InChI=1S/C14H7BrO3/c15-10-3-1-2-8(6-10)9-4-5-11-12(7-9)14(17)18-13(11)16/h1-7H. The Morgan fingerprint density at radius 3 is 2.33 bits per heavy atom. The minimum Gasteiger partial charge on any atom is -0.386 e. The molecule has 4 heteroatoms. The van der Waals surface area contributed by atoms with Gasteiger partial charge in [0.25, 0.3) is 0 Å². The molecule has 0 aliphatic carbocycles. The monoisotopic (exact) mass is 302 g/mol. The van der Waals surface area contributed by atoms with E-state index in [4.69, 9.17) is 0 Å². The van der Waals surface area contributed by atoms with Crippen LogP contribution in [0.15, 0.2) is 46.9 Å². The van der Waals surface area contributed by atoms with Gasteiger partial charge in [-0.2, -0.15) is 0 Å². The van der Waals surface area contributed by atoms with Crippen molar-refractivity contribution in [2.24, 2.45) is 0 Å². The first kappa shape index (κ1) is 11.2. The average Bonchev–Trinajstić information content (AvgIpc) is 2.65. The third-order valence-electron chi connectivity index (χ3n) is 2.80. The fraction of sp³-hybridized carbons (Fsp3) is 0. The first-order valence-electron chi connectivity index (χ1n) is 5.31. The lowest BCUT2D eigenvalue weighted by Crippen LogP contribution is -1.96. The first-order chi connectivity index (χ1) is 8.65. The highest BCUT2D eigenvalue weighted by molar-refractivity contribution is 9.10. The summed E-state index contributed by atoms with van der Waals surface area (Å²) in [5.74, 6) is -1.15. The third-order valence-corrected chi connectivity index (χ3v) is 3.30. The maximum absolute atomic E-state index is 11.5. The van der Waals surface area contributed by atoms with E-state index in [1.165, 1.54) is 0 Å². The second kappa shape index (κ2) is 4.07. The molecule has 3 nitrogen and oxygen atoms in total. The lowest BCUT2D eigenvalue weighted by atomic mass is 10.0. The second-order valence-corrected chi connectivity index (χ2v) is 4.86. The topological polar surface area (TPSA) is 43.4 Å². The molecule has 18 heavy (non-hydrogen) atoms. The van der Waals surface area contributed by atoms with Gasteiger partial charge in [-0.1, -0.05) is 34.1 Å². The Hall–Kier alpha value is -1.94. The minimum atomic E-state index is -0.577. The highest BCUT2D eigenvalue weighted by Gasteiger charge is 2.29. The summed E-state index contributed by atoms with van der Waals surface area (Å²) in [4.78, 5) is 22.8. The lowest BCUT2D eigenvalue weighted by molar-refractivity contribution is 0.0444. The van der Waals surface area contributed by atoms with Gasteiger partial charge in [0.15, 0.2) is 0 Å². The van der Waals surface area contributed by atoms with Gasteiger partial charge in [-0.25, -0.2) is 9.59 Å². The molecular formula is C14H7BrO3. The molecule has 0 aromatic heterocycles. The Balaban J connectivity index is 2.14. The predicted octanol–water partition coefficient (Wildman–Crippen LogP) is 3.43. The number of hydrogen-bond acceptors (Lipinski definition) is 3. The number of carbonyl (C=O) groups excluding carboxylic acids is 2. The number of fused-ring (bicyclic) bond motifs is 1. The average molecular weight is 303 g/mol. The van der Waals surface area contributed by atoms with Crippen molar-refractivity contribution in [2.45, 2.75) is 0 Å². The summed E-state index contributed by atoms with van der Waals surface area (Å²) in [6, 6.07) is 12.8. The van der Waals surface area contributed by atoms with Crippen LogP contribution < -0.4 is 0 Å². The molecule has 0 amide bonds. The quantitative estimate of drug-likeness (QED) is 0.599. The summed E-state index contributed by atoms with van der Waals surface area (Å²) in [6.45, 7) is 0. The normalized spacial score (nSPS) is 13.4. The number of cyclic esters (lactones) is 2. The van der Waals surface area contributed by atoms with Crippen molar-refractivity contribution in [3.63, 3.8) is 0 Å². The number of rotatable bonds is 1. The highest BCUT2D eigenvalue weighted by atomic mass is 79.9. The van der Waals surface area contributed by atoms with Crippen LogP contribution in [0.3, 0.4) is 0 Å². The van der Waals surface area contributed by atoms with Crippen molar-refractivity contribution in [1.82, 2.24) is 0 Å². The largest absolute Gasteiger partial charge is 0.386 e. The SMILES string of the molecule is O=C1OC(=O)c2cc(-c3cccc(Br)c3)ccc21. The Kier molecular flexibility index (Phi) is 2.52. The number of ether oxygens (including phenoxy) is 1. The van der Waals surface area contributed by atoms with Gasteiger partial charge in [0.05, 0.1) is 11.1 Å². The Morgan fingerprint density at radius 2 is 1.56 bits per heavy atom. The molecule has 0 saturated heterocycles. The summed E-state index contributed by atoms with van der Waals surface area (Å²) in [6.07, 6.45) is 0. The molecule has 3 rings (SSSR count).